The zero-order chi connectivity index (χ0) is 11.1. The number of oxazole rings is 1. The van der Waals surface area contributed by atoms with Gasteiger partial charge in [-0.3, -0.25) is 0 Å². The van der Waals surface area contributed by atoms with Crippen LogP contribution in [0.15, 0.2) is 16.5 Å². The molecule has 84 valence electrons. The van der Waals surface area contributed by atoms with Crippen LogP contribution in [0.1, 0.15) is 24.8 Å². The molecule has 1 fully saturated rings. The summed E-state index contributed by atoms with van der Waals surface area (Å²) in [6, 6.07) is 2.01. The van der Waals surface area contributed by atoms with Crippen molar-refractivity contribution in [2.24, 2.45) is 0 Å². The van der Waals surface area contributed by atoms with Gasteiger partial charge in [-0.25, -0.2) is 13.8 Å². The number of rotatable bonds is 1. The van der Waals surface area contributed by atoms with Crippen LogP contribution in [0.5, 0.6) is 0 Å². The summed E-state index contributed by atoms with van der Waals surface area (Å²) < 4.78 is 31.6. The van der Waals surface area contributed by atoms with E-state index in [1.807, 2.05) is 0 Å². The molecule has 1 N–H and O–H groups in total. The van der Waals surface area contributed by atoms with Gasteiger partial charge in [-0.1, -0.05) is 0 Å². The van der Waals surface area contributed by atoms with Gasteiger partial charge in [0.2, 0.25) is 5.89 Å². The molecule has 0 saturated carbocycles. The van der Waals surface area contributed by atoms with Gasteiger partial charge in [-0.05, 0) is 19.4 Å². The van der Waals surface area contributed by atoms with Crippen LogP contribution >= 0.6 is 0 Å². The number of fused-ring (bicyclic) bond motifs is 1. The molecule has 1 aliphatic rings. The topological polar surface area (TPSA) is 38.1 Å². The van der Waals surface area contributed by atoms with Gasteiger partial charge in [-0.2, -0.15) is 0 Å². The maximum Gasteiger partial charge on any atom is 0.212 e. The van der Waals surface area contributed by atoms with E-state index in [1.54, 1.807) is 0 Å². The van der Waals surface area contributed by atoms with E-state index in [1.165, 1.54) is 6.07 Å². The highest BCUT2D eigenvalue weighted by atomic mass is 19.1. The molecule has 0 spiro atoms. The highest BCUT2D eigenvalue weighted by Crippen LogP contribution is 2.27. The van der Waals surface area contributed by atoms with Gasteiger partial charge >= 0.3 is 0 Å². The molecule has 1 atom stereocenters. The predicted molar refractivity (Wildman–Crippen MR) is 53.9 cm³/mol. The molecule has 16 heavy (non-hydrogen) atoms. The second kappa shape index (κ2) is 3.52. The van der Waals surface area contributed by atoms with Crippen molar-refractivity contribution in [2.75, 3.05) is 6.54 Å². The molecular formula is C11H10F2N2O. The third-order valence-electron chi connectivity index (χ3n) is 2.78. The van der Waals surface area contributed by atoms with Crippen molar-refractivity contribution in [3.63, 3.8) is 0 Å². The maximum absolute atomic E-state index is 13.4. The number of benzene rings is 1. The number of aromatic nitrogens is 1. The lowest BCUT2D eigenvalue weighted by molar-refractivity contribution is 0.441. The Bertz CT molecular complexity index is 532. The van der Waals surface area contributed by atoms with Crippen molar-refractivity contribution < 1.29 is 13.2 Å². The normalized spacial score (nSPS) is 20.8. The molecule has 2 heterocycles. The van der Waals surface area contributed by atoms with E-state index in [4.69, 9.17) is 4.42 Å². The average Bonchev–Trinajstić information content (AvgIpc) is 2.82. The van der Waals surface area contributed by atoms with E-state index in [2.05, 4.69) is 10.3 Å². The number of halogens is 2. The molecular weight excluding hydrogens is 214 g/mol. The van der Waals surface area contributed by atoms with Gasteiger partial charge in [0, 0.05) is 12.1 Å². The molecule has 0 aliphatic carbocycles. The van der Waals surface area contributed by atoms with Gasteiger partial charge in [0.1, 0.15) is 11.3 Å². The third-order valence-corrected chi connectivity index (χ3v) is 2.78. The van der Waals surface area contributed by atoms with Crippen molar-refractivity contribution >= 4 is 11.1 Å². The summed E-state index contributed by atoms with van der Waals surface area (Å²) in [7, 11) is 0. The lowest BCUT2D eigenvalue weighted by atomic mass is 10.2. The monoisotopic (exact) mass is 224 g/mol. The predicted octanol–water partition coefficient (Wildman–Crippen LogP) is 2.53. The Hall–Kier alpha value is -1.49. The summed E-state index contributed by atoms with van der Waals surface area (Å²) in [5.74, 6) is -0.895. The van der Waals surface area contributed by atoms with Crippen molar-refractivity contribution in [3.8, 4) is 0 Å². The fourth-order valence-corrected chi connectivity index (χ4v) is 2.02. The highest BCUT2D eigenvalue weighted by molar-refractivity contribution is 5.73. The Balaban J connectivity index is 2.11. The molecule has 0 radical (unpaired) electrons. The minimum absolute atomic E-state index is 0.0230. The van der Waals surface area contributed by atoms with Crippen LogP contribution in [0, 0.1) is 11.6 Å². The molecule has 1 saturated heterocycles. The Morgan fingerprint density at radius 3 is 3.00 bits per heavy atom. The molecule has 2 aromatic rings. The van der Waals surface area contributed by atoms with E-state index >= 15 is 0 Å². The minimum atomic E-state index is -0.702. The summed E-state index contributed by atoms with van der Waals surface area (Å²) in [4.78, 5) is 4.11. The molecule has 1 aliphatic heterocycles. The molecule has 1 aromatic heterocycles. The summed E-state index contributed by atoms with van der Waals surface area (Å²) in [5, 5.41) is 3.20. The van der Waals surface area contributed by atoms with E-state index in [-0.39, 0.29) is 17.1 Å². The second-order valence-electron chi connectivity index (χ2n) is 3.94. The van der Waals surface area contributed by atoms with Crippen LogP contribution in [0.25, 0.3) is 11.1 Å². The fourth-order valence-electron chi connectivity index (χ4n) is 2.02. The van der Waals surface area contributed by atoms with Crippen LogP contribution in [-0.4, -0.2) is 11.5 Å². The molecule has 0 bridgehead atoms. The minimum Gasteiger partial charge on any atom is -0.436 e. The zero-order valence-electron chi connectivity index (χ0n) is 8.46. The Kier molecular flexibility index (Phi) is 2.14. The summed E-state index contributed by atoms with van der Waals surface area (Å²) >= 11 is 0. The first-order valence-corrected chi connectivity index (χ1v) is 5.23. The number of nitrogens with one attached hydrogen (secondary N) is 1. The maximum atomic E-state index is 13.4. The largest absolute Gasteiger partial charge is 0.436 e. The first-order valence-electron chi connectivity index (χ1n) is 5.23. The molecule has 5 heteroatoms. The number of nitrogens with zero attached hydrogens (tertiary/aromatic N) is 1. The lowest BCUT2D eigenvalue weighted by Crippen LogP contribution is -2.12. The van der Waals surface area contributed by atoms with E-state index < -0.39 is 11.6 Å². The molecule has 3 nitrogen and oxygen atoms in total. The quantitative estimate of drug-likeness (QED) is 0.808. The van der Waals surface area contributed by atoms with Crippen LogP contribution in [-0.2, 0) is 0 Å². The van der Waals surface area contributed by atoms with E-state index in [0.29, 0.717) is 5.89 Å². The molecule has 0 amide bonds. The van der Waals surface area contributed by atoms with Crippen LogP contribution in [0.3, 0.4) is 0 Å². The third kappa shape index (κ3) is 1.48. The van der Waals surface area contributed by atoms with Gasteiger partial charge < -0.3 is 9.73 Å². The number of hydrogen-bond donors (Lipinski definition) is 1. The molecule has 3 rings (SSSR count). The second-order valence-corrected chi connectivity index (χ2v) is 3.94. The van der Waals surface area contributed by atoms with E-state index in [9.17, 15) is 8.78 Å². The van der Waals surface area contributed by atoms with Crippen molar-refractivity contribution in [2.45, 2.75) is 18.9 Å². The first kappa shape index (κ1) is 9.72. The smallest absolute Gasteiger partial charge is 0.212 e. The first-order chi connectivity index (χ1) is 7.74. The zero-order valence-corrected chi connectivity index (χ0v) is 8.46. The Labute approximate surface area is 90.5 Å². The average molecular weight is 224 g/mol. The van der Waals surface area contributed by atoms with Gasteiger partial charge in [0.05, 0.1) is 6.04 Å². The lowest BCUT2D eigenvalue weighted by Gasteiger charge is -2.02. The highest BCUT2D eigenvalue weighted by Gasteiger charge is 2.22. The number of hydrogen-bond acceptors (Lipinski definition) is 3. The SMILES string of the molecule is Fc1cc(F)c2oc(C3CCCN3)nc2c1. The molecule has 1 aromatic carbocycles. The van der Waals surface area contributed by atoms with Gasteiger partial charge in [0.15, 0.2) is 11.4 Å². The van der Waals surface area contributed by atoms with Gasteiger partial charge in [-0.15, -0.1) is 0 Å². The summed E-state index contributed by atoms with van der Waals surface area (Å²) in [6.45, 7) is 0.903. The van der Waals surface area contributed by atoms with Crippen LogP contribution in [0.2, 0.25) is 0 Å². The Morgan fingerprint density at radius 1 is 1.38 bits per heavy atom. The molecule has 1 unspecified atom stereocenters. The van der Waals surface area contributed by atoms with Crippen molar-refractivity contribution in [1.82, 2.24) is 10.3 Å². The Morgan fingerprint density at radius 2 is 2.25 bits per heavy atom. The van der Waals surface area contributed by atoms with Crippen LogP contribution < -0.4 is 5.32 Å². The van der Waals surface area contributed by atoms with E-state index in [0.717, 1.165) is 25.5 Å². The summed E-state index contributed by atoms with van der Waals surface area (Å²) in [5.41, 5.74) is 0.270. The standard InChI is InChI=1S/C11H10F2N2O/c12-6-4-7(13)10-9(5-6)15-11(16-10)8-2-1-3-14-8/h4-5,8,14H,1-3H2. The van der Waals surface area contributed by atoms with Crippen molar-refractivity contribution in [1.29, 1.82) is 0 Å². The van der Waals surface area contributed by atoms with Crippen molar-refractivity contribution in [3.05, 3.63) is 29.7 Å². The summed E-state index contributed by atoms with van der Waals surface area (Å²) in [6.07, 6.45) is 1.96. The fraction of sp³-hybridized carbons (Fsp3) is 0.364. The van der Waals surface area contributed by atoms with Crippen LogP contribution in [0.4, 0.5) is 8.78 Å². The van der Waals surface area contributed by atoms with Gasteiger partial charge in [0.25, 0.3) is 0 Å².